The summed E-state index contributed by atoms with van der Waals surface area (Å²) in [6.45, 7) is 10.7. The molecule has 12 nitrogen and oxygen atoms in total. The lowest BCUT2D eigenvalue weighted by atomic mass is 9.87. The van der Waals surface area contributed by atoms with Gasteiger partial charge in [0.2, 0.25) is 0 Å². The number of nitrogens with two attached hydrogens (primary N) is 1. The predicted molar refractivity (Wildman–Crippen MR) is 149 cm³/mol. The minimum Gasteiger partial charge on any atom is -0.448 e. The topological polar surface area (TPSA) is 161 Å². The maximum atomic E-state index is 12.1. The number of likely N-dealkylation sites (N-methyl/N-ethyl adjacent to an activating group) is 1. The molecule has 2 aromatic heterocycles. The summed E-state index contributed by atoms with van der Waals surface area (Å²) in [5, 5.41) is 18.9. The number of nitrogen functional groups attached to an aromatic ring is 1. The van der Waals surface area contributed by atoms with Crippen LogP contribution in [0, 0.1) is 0 Å². The summed E-state index contributed by atoms with van der Waals surface area (Å²) in [7, 11) is 1.99. The van der Waals surface area contributed by atoms with E-state index in [2.05, 4.69) is 45.9 Å². The summed E-state index contributed by atoms with van der Waals surface area (Å²) in [6, 6.07) is 7.83. The normalized spacial score (nSPS) is 17.7. The number of anilines is 2. The molecule has 39 heavy (non-hydrogen) atoms. The zero-order valence-corrected chi connectivity index (χ0v) is 23.6. The summed E-state index contributed by atoms with van der Waals surface area (Å²) >= 11 is 0. The van der Waals surface area contributed by atoms with Crippen LogP contribution in [0.1, 0.15) is 59.3 Å². The average molecular weight is 544 g/mol. The van der Waals surface area contributed by atoms with Crippen LogP contribution in [-0.2, 0) is 14.9 Å². The van der Waals surface area contributed by atoms with Gasteiger partial charge in [0, 0.05) is 18.8 Å². The van der Waals surface area contributed by atoms with Gasteiger partial charge in [-0.05, 0) is 56.8 Å². The highest BCUT2D eigenvalue weighted by Gasteiger charge is 2.29. The molecule has 214 valence electrons. The lowest BCUT2D eigenvalue weighted by Gasteiger charge is -2.21. The number of imidazole rings is 1. The fourth-order valence-electron chi connectivity index (χ4n) is 4.05. The third-order valence-corrected chi connectivity index (χ3v) is 6.00. The van der Waals surface area contributed by atoms with Crippen LogP contribution in [0.15, 0.2) is 36.9 Å². The molecule has 1 aliphatic heterocycles. The third-order valence-electron chi connectivity index (χ3n) is 6.00. The number of benzene rings is 1. The quantitative estimate of drug-likeness (QED) is 0.326. The first-order valence-corrected chi connectivity index (χ1v) is 13.0. The van der Waals surface area contributed by atoms with E-state index in [1.807, 2.05) is 35.9 Å². The van der Waals surface area contributed by atoms with Gasteiger partial charge in [0.15, 0.2) is 17.3 Å². The summed E-state index contributed by atoms with van der Waals surface area (Å²) in [5.41, 5.74) is 9.15. The number of hydrogen-bond donors (Lipinski definition) is 4. The van der Waals surface area contributed by atoms with E-state index in [0.717, 1.165) is 25.1 Å². The molecule has 0 radical (unpaired) electrons. The minimum absolute atomic E-state index is 0.0710. The summed E-state index contributed by atoms with van der Waals surface area (Å²) < 4.78 is 13.5. The number of carbonyl (C=O) groups is 1. The lowest BCUT2D eigenvalue weighted by molar-refractivity contribution is -0.127. The second kappa shape index (κ2) is 12.7. The van der Waals surface area contributed by atoms with Crippen LogP contribution in [-0.4, -0.2) is 79.4 Å². The number of nitrogens with zero attached hydrogens (tertiary/aromatic N) is 5. The van der Waals surface area contributed by atoms with Crippen molar-refractivity contribution in [3.8, 4) is 0 Å². The highest BCUT2D eigenvalue weighted by atomic mass is 16.5. The van der Waals surface area contributed by atoms with E-state index in [1.165, 1.54) is 25.7 Å². The van der Waals surface area contributed by atoms with Crippen molar-refractivity contribution in [2.24, 2.45) is 0 Å². The van der Waals surface area contributed by atoms with Crippen molar-refractivity contribution in [3.05, 3.63) is 42.5 Å². The van der Waals surface area contributed by atoms with Crippen molar-refractivity contribution in [2.45, 2.75) is 71.0 Å². The number of nitrogens with one attached hydrogen (secondary N) is 1. The highest BCUT2D eigenvalue weighted by molar-refractivity contribution is 5.84. The van der Waals surface area contributed by atoms with E-state index in [0.29, 0.717) is 30.1 Å². The van der Waals surface area contributed by atoms with Crippen LogP contribution in [0.25, 0.3) is 11.2 Å². The Morgan fingerprint density at radius 3 is 2.46 bits per heavy atom. The van der Waals surface area contributed by atoms with Crippen LogP contribution in [0.5, 0.6) is 0 Å². The summed E-state index contributed by atoms with van der Waals surface area (Å²) in [4.78, 5) is 26.8. The molecule has 2 atom stereocenters. The number of carbonyl (C=O) groups excluding carboxylic acids is 1. The standard InChI is InChI=1S/C24H33N7O3.C3H8O2/c1-24(2,3)16-5-7-17(8-6-16)29-23(32)33-12-11-30(4)13-18-9-10-19(34-18)31-15-28-20-21(25)26-14-27-22(20)31;1-3(2,4)5/h5-8,14-15,18-19H,9-13H2,1-4H3,(H,29,32)(H2,25,26,27);4-5H,1-2H3. The molecule has 4 rings (SSSR count). The number of fused-ring (bicyclic) bond motifs is 1. The van der Waals surface area contributed by atoms with Gasteiger partial charge in [0.05, 0.1) is 12.4 Å². The molecule has 0 bridgehead atoms. The van der Waals surface area contributed by atoms with E-state index in [-0.39, 0.29) is 17.7 Å². The Labute approximate surface area is 229 Å². The maximum absolute atomic E-state index is 12.1. The second-order valence-electron chi connectivity index (χ2n) is 11.2. The number of amides is 1. The van der Waals surface area contributed by atoms with E-state index >= 15 is 0 Å². The van der Waals surface area contributed by atoms with Gasteiger partial charge >= 0.3 is 6.09 Å². The van der Waals surface area contributed by atoms with Crippen LogP contribution < -0.4 is 11.1 Å². The zero-order chi connectivity index (χ0) is 28.8. The molecule has 12 heteroatoms. The van der Waals surface area contributed by atoms with Crippen molar-refractivity contribution >= 4 is 28.8 Å². The Morgan fingerprint density at radius 2 is 1.82 bits per heavy atom. The molecule has 1 aromatic carbocycles. The first-order chi connectivity index (χ1) is 18.2. The zero-order valence-electron chi connectivity index (χ0n) is 23.6. The molecule has 1 fully saturated rings. The average Bonchev–Trinajstić information content (AvgIpc) is 3.45. The van der Waals surface area contributed by atoms with Crippen molar-refractivity contribution in [1.29, 1.82) is 0 Å². The maximum Gasteiger partial charge on any atom is 0.411 e. The lowest BCUT2D eigenvalue weighted by Crippen LogP contribution is -2.32. The fraction of sp³-hybridized carbons (Fsp3) is 0.556. The molecule has 0 aliphatic carbocycles. The Morgan fingerprint density at radius 1 is 1.15 bits per heavy atom. The van der Waals surface area contributed by atoms with E-state index in [4.69, 9.17) is 25.4 Å². The van der Waals surface area contributed by atoms with Gasteiger partial charge in [-0.15, -0.1) is 0 Å². The molecular formula is C27H41N7O5. The van der Waals surface area contributed by atoms with Crippen LogP contribution in [0.4, 0.5) is 16.3 Å². The molecule has 0 spiro atoms. The van der Waals surface area contributed by atoms with Gasteiger partial charge in [-0.25, -0.2) is 19.7 Å². The molecule has 1 aliphatic rings. The molecule has 3 heterocycles. The fourth-order valence-corrected chi connectivity index (χ4v) is 4.05. The van der Waals surface area contributed by atoms with Crippen molar-refractivity contribution in [1.82, 2.24) is 24.4 Å². The van der Waals surface area contributed by atoms with Crippen molar-refractivity contribution in [2.75, 3.05) is 37.8 Å². The number of aliphatic hydroxyl groups is 2. The van der Waals surface area contributed by atoms with Crippen LogP contribution in [0.2, 0.25) is 0 Å². The number of hydrogen-bond acceptors (Lipinski definition) is 10. The second-order valence-corrected chi connectivity index (χ2v) is 11.2. The molecule has 1 amide bonds. The van der Waals surface area contributed by atoms with Crippen molar-refractivity contribution < 1.29 is 24.5 Å². The monoisotopic (exact) mass is 543 g/mol. The van der Waals surface area contributed by atoms with E-state index < -0.39 is 11.9 Å². The van der Waals surface area contributed by atoms with Gasteiger partial charge in [0.1, 0.15) is 24.7 Å². The van der Waals surface area contributed by atoms with Crippen molar-refractivity contribution in [3.63, 3.8) is 0 Å². The first-order valence-electron chi connectivity index (χ1n) is 13.0. The largest absolute Gasteiger partial charge is 0.448 e. The van der Waals surface area contributed by atoms with Crippen LogP contribution >= 0.6 is 0 Å². The molecule has 3 aromatic rings. The van der Waals surface area contributed by atoms with E-state index in [1.54, 1.807) is 6.33 Å². The Hall–Kier alpha value is -3.32. The minimum atomic E-state index is -1.50. The number of rotatable bonds is 7. The van der Waals surface area contributed by atoms with Gasteiger partial charge in [-0.1, -0.05) is 32.9 Å². The molecule has 2 unspecified atom stereocenters. The first kappa shape index (κ1) is 30.2. The van der Waals surface area contributed by atoms with Gasteiger partial charge in [0.25, 0.3) is 0 Å². The molecule has 1 saturated heterocycles. The number of aromatic nitrogens is 4. The van der Waals surface area contributed by atoms with Gasteiger partial charge < -0.3 is 30.3 Å². The van der Waals surface area contributed by atoms with E-state index in [9.17, 15) is 4.79 Å². The smallest absolute Gasteiger partial charge is 0.411 e. The molecule has 0 saturated carbocycles. The molecular weight excluding hydrogens is 502 g/mol. The third kappa shape index (κ3) is 9.43. The van der Waals surface area contributed by atoms with Gasteiger partial charge in [-0.3, -0.25) is 9.88 Å². The predicted octanol–water partition coefficient (Wildman–Crippen LogP) is 3.27. The highest BCUT2D eigenvalue weighted by Crippen LogP contribution is 2.31. The van der Waals surface area contributed by atoms with Crippen LogP contribution in [0.3, 0.4) is 0 Å². The SMILES string of the molecule is CC(C)(O)O.CN(CCOC(=O)Nc1ccc(C(C)(C)C)cc1)CC1CCC(n2cnc3c(N)ncnc32)O1. The summed E-state index contributed by atoms with van der Waals surface area (Å²) in [6.07, 6.45) is 4.40. The molecule has 5 N–H and O–H groups in total. The van der Waals surface area contributed by atoms with Gasteiger partial charge in [-0.2, -0.15) is 0 Å². The number of ether oxygens (including phenoxy) is 2. The Balaban J connectivity index is 0.000000771. The Kier molecular flexibility index (Phi) is 9.83. The summed E-state index contributed by atoms with van der Waals surface area (Å²) in [5.74, 6) is -1.14. The Bertz CT molecular complexity index is 1210.